The van der Waals surface area contributed by atoms with Crippen LogP contribution in [0.15, 0.2) is 53.7 Å². The molecule has 3 aromatic rings. The summed E-state index contributed by atoms with van der Waals surface area (Å²) in [6.45, 7) is 14.4. The minimum Gasteiger partial charge on any atom is -0.494 e. The van der Waals surface area contributed by atoms with Crippen LogP contribution in [0.5, 0.6) is 5.75 Å². The van der Waals surface area contributed by atoms with E-state index in [2.05, 4.69) is 60.2 Å². The second kappa shape index (κ2) is 13.4. The summed E-state index contributed by atoms with van der Waals surface area (Å²) in [5.74, 6) is 1.22. The fourth-order valence-corrected chi connectivity index (χ4v) is 7.02. The van der Waals surface area contributed by atoms with Crippen LogP contribution in [0.2, 0.25) is 0 Å². The third-order valence-electron chi connectivity index (χ3n) is 8.49. The Bertz CT molecular complexity index is 1480. The number of sulfone groups is 1. The van der Waals surface area contributed by atoms with Gasteiger partial charge in [0.05, 0.1) is 28.6 Å². The van der Waals surface area contributed by atoms with Crippen LogP contribution in [0.4, 0.5) is 29.0 Å². The Morgan fingerprint density at radius 3 is 2.14 bits per heavy atom. The van der Waals surface area contributed by atoms with Crippen molar-refractivity contribution in [1.82, 2.24) is 24.8 Å². The molecule has 12 heteroatoms. The molecule has 43 heavy (non-hydrogen) atoms. The Hall–Kier alpha value is -3.48. The van der Waals surface area contributed by atoms with E-state index >= 15 is 0 Å². The molecule has 0 amide bonds. The number of nitrogens with zero attached hydrogens (tertiary/aromatic N) is 6. The van der Waals surface area contributed by atoms with Gasteiger partial charge in [-0.3, -0.25) is 4.90 Å². The molecule has 0 saturated carbocycles. The maximum absolute atomic E-state index is 12.9. The highest BCUT2D eigenvalue weighted by Gasteiger charge is 2.28. The van der Waals surface area contributed by atoms with Gasteiger partial charge in [0.25, 0.3) is 0 Å². The molecule has 0 unspecified atom stereocenters. The molecule has 2 fully saturated rings. The van der Waals surface area contributed by atoms with Crippen molar-refractivity contribution in [2.45, 2.75) is 62.8 Å². The molecule has 0 radical (unpaired) electrons. The zero-order valence-corrected chi connectivity index (χ0v) is 26.6. The summed E-state index contributed by atoms with van der Waals surface area (Å²) in [6.07, 6.45) is 3.89. The number of nitrogens with one attached hydrogen (secondary N) is 2. The highest BCUT2D eigenvalue weighted by Crippen LogP contribution is 2.33. The number of hydrogen-bond acceptors (Lipinski definition) is 11. The molecule has 5 rings (SSSR count). The average molecular weight is 609 g/mol. The van der Waals surface area contributed by atoms with Gasteiger partial charge < -0.3 is 25.2 Å². The van der Waals surface area contributed by atoms with Gasteiger partial charge in [-0.25, -0.2) is 18.4 Å². The van der Waals surface area contributed by atoms with E-state index in [-0.39, 0.29) is 10.8 Å². The highest BCUT2D eigenvalue weighted by molar-refractivity contribution is 7.92. The Balaban J connectivity index is 1.23. The summed E-state index contributed by atoms with van der Waals surface area (Å²) in [6, 6.07) is 14.2. The van der Waals surface area contributed by atoms with Crippen LogP contribution < -0.4 is 20.3 Å². The van der Waals surface area contributed by atoms with Crippen molar-refractivity contribution in [2.24, 2.45) is 0 Å². The fraction of sp³-hybridized carbons (Fsp3) is 0.516. The quantitative estimate of drug-likeness (QED) is 0.338. The lowest BCUT2D eigenvalue weighted by Crippen LogP contribution is -2.53. The predicted molar refractivity (Wildman–Crippen MR) is 172 cm³/mol. The Morgan fingerprint density at radius 2 is 1.51 bits per heavy atom. The first-order chi connectivity index (χ1) is 20.7. The predicted octanol–water partition coefficient (Wildman–Crippen LogP) is 4.54. The molecule has 2 aromatic carbocycles. The number of piperidine rings is 1. The van der Waals surface area contributed by atoms with Gasteiger partial charge >= 0.3 is 0 Å². The van der Waals surface area contributed by atoms with Gasteiger partial charge in [0.2, 0.25) is 11.9 Å². The van der Waals surface area contributed by atoms with E-state index in [9.17, 15) is 8.42 Å². The lowest BCUT2D eigenvalue weighted by atomic mass is 10.0. The normalized spacial score (nSPS) is 17.4. The standard InChI is InChI=1S/C31H44N8O3S/c1-22(2)37-14-12-24(13-15-37)38-16-18-39(19-17-38)25-10-11-26(28(20-25)42-5)34-30-32-21-33-31(36-30)35-27-8-6-7-9-29(27)43(40,41)23(3)4/h6-11,20-24H,12-19H2,1-5H3,(H2,32,33,34,35,36). The monoisotopic (exact) mass is 608 g/mol. The largest absolute Gasteiger partial charge is 0.494 e. The van der Waals surface area contributed by atoms with Crippen molar-refractivity contribution >= 4 is 38.8 Å². The summed E-state index contributed by atoms with van der Waals surface area (Å²) in [5, 5.41) is 5.72. The molecule has 0 bridgehead atoms. The second-order valence-corrected chi connectivity index (χ2v) is 14.2. The zero-order chi connectivity index (χ0) is 30.6. The number of rotatable bonds is 10. The van der Waals surface area contributed by atoms with E-state index in [0.29, 0.717) is 29.5 Å². The number of hydrogen-bond donors (Lipinski definition) is 2. The molecule has 0 atom stereocenters. The van der Waals surface area contributed by atoms with Crippen molar-refractivity contribution in [3.63, 3.8) is 0 Å². The van der Waals surface area contributed by atoms with Gasteiger partial charge in [0.15, 0.2) is 9.84 Å². The van der Waals surface area contributed by atoms with Crippen LogP contribution in [-0.4, -0.2) is 96.9 Å². The van der Waals surface area contributed by atoms with Gasteiger partial charge in [-0.05, 0) is 77.9 Å². The zero-order valence-electron chi connectivity index (χ0n) is 25.8. The minimum absolute atomic E-state index is 0.203. The Kier molecular flexibility index (Phi) is 9.68. The fourth-order valence-electron chi connectivity index (χ4n) is 5.82. The summed E-state index contributed by atoms with van der Waals surface area (Å²) in [5.41, 5.74) is 2.26. The van der Waals surface area contributed by atoms with Crippen LogP contribution in [0.3, 0.4) is 0 Å². The molecule has 0 spiro atoms. The number of piperazine rings is 1. The van der Waals surface area contributed by atoms with Crippen molar-refractivity contribution < 1.29 is 13.2 Å². The van der Waals surface area contributed by atoms with Crippen molar-refractivity contribution in [3.8, 4) is 5.75 Å². The number of benzene rings is 2. The molecule has 2 aliphatic rings. The van der Waals surface area contributed by atoms with E-state index in [1.165, 1.54) is 32.3 Å². The topological polar surface area (TPSA) is 116 Å². The van der Waals surface area contributed by atoms with E-state index in [1.54, 1.807) is 45.2 Å². The van der Waals surface area contributed by atoms with E-state index in [1.807, 2.05) is 12.1 Å². The molecule has 232 valence electrons. The van der Waals surface area contributed by atoms with Gasteiger partial charge in [0.1, 0.15) is 12.1 Å². The first kappa shape index (κ1) is 31.0. The van der Waals surface area contributed by atoms with Gasteiger partial charge in [-0.15, -0.1) is 0 Å². The van der Waals surface area contributed by atoms with Gasteiger partial charge in [0, 0.05) is 50.0 Å². The van der Waals surface area contributed by atoms with Crippen LogP contribution in [-0.2, 0) is 9.84 Å². The third-order valence-corrected chi connectivity index (χ3v) is 10.7. The molecule has 2 aliphatic heterocycles. The first-order valence-electron chi connectivity index (χ1n) is 15.1. The van der Waals surface area contributed by atoms with Crippen molar-refractivity contribution in [3.05, 3.63) is 48.8 Å². The smallest absolute Gasteiger partial charge is 0.232 e. The summed E-state index contributed by atoms with van der Waals surface area (Å²) in [7, 11) is -1.85. The lowest BCUT2D eigenvalue weighted by Gasteiger charge is -2.44. The van der Waals surface area contributed by atoms with Crippen LogP contribution in [0, 0.1) is 0 Å². The van der Waals surface area contributed by atoms with E-state index in [0.717, 1.165) is 37.6 Å². The van der Waals surface area contributed by atoms with E-state index < -0.39 is 15.1 Å². The molecule has 3 heterocycles. The number of para-hydroxylation sites is 1. The van der Waals surface area contributed by atoms with Crippen LogP contribution in [0.25, 0.3) is 0 Å². The molecule has 2 N–H and O–H groups in total. The highest BCUT2D eigenvalue weighted by atomic mass is 32.2. The minimum atomic E-state index is -3.50. The summed E-state index contributed by atoms with van der Waals surface area (Å²) < 4.78 is 31.5. The molecular formula is C31H44N8O3S. The third kappa shape index (κ3) is 7.19. The summed E-state index contributed by atoms with van der Waals surface area (Å²) in [4.78, 5) is 20.8. The maximum atomic E-state index is 12.9. The number of likely N-dealkylation sites (tertiary alicyclic amines) is 1. The number of methoxy groups -OCH3 is 1. The van der Waals surface area contributed by atoms with Crippen molar-refractivity contribution in [1.29, 1.82) is 0 Å². The number of aromatic nitrogens is 3. The molecule has 0 aliphatic carbocycles. The molecule has 2 saturated heterocycles. The SMILES string of the molecule is COc1cc(N2CCN(C3CCN(C(C)C)CC3)CC2)ccc1Nc1ncnc(Nc2ccccc2S(=O)(=O)C(C)C)n1. The van der Waals surface area contributed by atoms with Crippen molar-refractivity contribution in [2.75, 3.05) is 61.9 Å². The lowest BCUT2D eigenvalue weighted by molar-refractivity contribution is 0.0883. The first-order valence-corrected chi connectivity index (χ1v) is 16.7. The second-order valence-electron chi connectivity index (χ2n) is 11.7. The van der Waals surface area contributed by atoms with Gasteiger partial charge in [-0.2, -0.15) is 4.98 Å². The van der Waals surface area contributed by atoms with E-state index in [4.69, 9.17) is 4.74 Å². The molecular weight excluding hydrogens is 564 g/mol. The Labute approximate surface area is 255 Å². The molecule has 1 aromatic heterocycles. The van der Waals surface area contributed by atoms with Crippen LogP contribution >= 0.6 is 0 Å². The number of anilines is 5. The summed E-state index contributed by atoms with van der Waals surface area (Å²) >= 11 is 0. The average Bonchev–Trinajstić information content (AvgIpc) is 3.01. The Morgan fingerprint density at radius 1 is 0.860 bits per heavy atom. The van der Waals surface area contributed by atoms with Gasteiger partial charge in [-0.1, -0.05) is 12.1 Å². The number of ether oxygens (including phenoxy) is 1. The van der Waals surface area contributed by atoms with Crippen LogP contribution in [0.1, 0.15) is 40.5 Å². The molecule has 11 nitrogen and oxygen atoms in total. The maximum Gasteiger partial charge on any atom is 0.232 e.